The zero-order valence-electron chi connectivity index (χ0n) is 12.9. The quantitative estimate of drug-likeness (QED) is 0.923. The highest BCUT2D eigenvalue weighted by Crippen LogP contribution is 2.24. The van der Waals surface area contributed by atoms with Gasteiger partial charge in [-0.3, -0.25) is 4.90 Å². The molecule has 1 saturated heterocycles. The SMILES string of the molecule is CCc1ccc(CN2CC(c3ccccc3)NCC2C)s1. The Morgan fingerprint density at radius 1 is 1.14 bits per heavy atom. The molecule has 1 N–H and O–H groups in total. The highest BCUT2D eigenvalue weighted by Gasteiger charge is 2.26. The first-order valence-corrected chi connectivity index (χ1v) is 8.68. The van der Waals surface area contributed by atoms with Gasteiger partial charge in [-0.05, 0) is 31.0 Å². The second-order valence-electron chi connectivity index (χ2n) is 5.87. The summed E-state index contributed by atoms with van der Waals surface area (Å²) in [4.78, 5) is 5.60. The average Bonchev–Trinajstić information content (AvgIpc) is 2.98. The predicted molar refractivity (Wildman–Crippen MR) is 90.8 cm³/mol. The molecule has 112 valence electrons. The molecule has 0 bridgehead atoms. The zero-order chi connectivity index (χ0) is 14.7. The normalized spacial score (nSPS) is 23.3. The molecule has 2 nitrogen and oxygen atoms in total. The van der Waals surface area contributed by atoms with E-state index in [9.17, 15) is 0 Å². The van der Waals surface area contributed by atoms with Crippen molar-refractivity contribution in [3.05, 3.63) is 57.8 Å². The Hall–Kier alpha value is -1.16. The fourth-order valence-corrected chi connectivity index (χ4v) is 3.93. The van der Waals surface area contributed by atoms with E-state index in [1.54, 1.807) is 0 Å². The molecule has 0 radical (unpaired) electrons. The zero-order valence-corrected chi connectivity index (χ0v) is 13.7. The van der Waals surface area contributed by atoms with E-state index in [0.717, 1.165) is 26.1 Å². The summed E-state index contributed by atoms with van der Waals surface area (Å²) in [5.41, 5.74) is 1.40. The van der Waals surface area contributed by atoms with Gasteiger partial charge in [-0.25, -0.2) is 0 Å². The first kappa shape index (κ1) is 14.8. The maximum Gasteiger partial charge on any atom is 0.0450 e. The van der Waals surface area contributed by atoms with Crippen LogP contribution in [0.4, 0.5) is 0 Å². The summed E-state index contributed by atoms with van der Waals surface area (Å²) in [5.74, 6) is 0. The van der Waals surface area contributed by atoms with Crippen molar-refractivity contribution in [3.63, 3.8) is 0 Å². The van der Waals surface area contributed by atoms with Gasteiger partial charge in [0.1, 0.15) is 0 Å². The average molecular weight is 300 g/mol. The number of thiophene rings is 1. The van der Waals surface area contributed by atoms with Gasteiger partial charge in [-0.15, -0.1) is 11.3 Å². The Balaban J connectivity index is 1.69. The number of nitrogens with zero attached hydrogens (tertiary/aromatic N) is 1. The van der Waals surface area contributed by atoms with Crippen LogP contribution in [0, 0.1) is 0 Å². The molecule has 1 aromatic heterocycles. The third kappa shape index (κ3) is 3.54. The van der Waals surface area contributed by atoms with E-state index < -0.39 is 0 Å². The Bertz CT molecular complexity index is 564. The minimum Gasteiger partial charge on any atom is -0.307 e. The van der Waals surface area contributed by atoms with Crippen molar-refractivity contribution in [2.24, 2.45) is 0 Å². The second-order valence-corrected chi connectivity index (χ2v) is 7.12. The summed E-state index contributed by atoms with van der Waals surface area (Å²) in [6.07, 6.45) is 1.15. The summed E-state index contributed by atoms with van der Waals surface area (Å²) < 4.78 is 0. The van der Waals surface area contributed by atoms with Crippen LogP contribution in [0.25, 0.3) is 0 Å². The first-order chi connectivity index (χ1) is 10.3. The van der Waals surface area contributed by atoms with Gasteiger partial charge in [0.15, 0.2) is 0 Å². The molecule has 3 heteroatoms. The standard InChI is InChI=1S/C18H24N2S/c1-3-16-9-10-17(21-16)12-20-13-18(19-11-14(20)2)15-7-5-4-6-8-15/h4-10,14,18-19H,3,11-13H2,1-2H3. The molecule has 2 heterocycles. The molecule has 0 aliphatic carbocycles. The van der Waals surface area contributed by atoms with Crippen molar-refractivity contribution < 1.29 is 0 Å². The molecule has 1 aliphatic rings. The van der Waals surface area contributed by atoms with E-state index in [-0.39, 0.29) is 0 Å². The third-order valence-corrected chi connectivity index (χ3v) is 5.54. The Morgan fingerprint density at radius 3 is 2.62 bits per heavy atom. The lowest BCUT2D eigenvalue weighted by molar-refractivity contribution is 0.134. The number of benzene rings is 1. The van der Waals surface area contributed by atoms with Gasteiger partial charge in [0.25, 0.3) is 0 Å². The van der Waals surface area contributed by atoms with Crippen LogP contribution in [0.15, 0.2) is 42.5 Å². The number of piperazine rings is 1. The molecule has 1 aliphatic heterocycles. The highest BCUT2D eigenvalue weighted by atomic mass is 32.1. The number of hydrogen-bond acceptors (Lipinski definition) is 3. The topological polar surface area (TPSA) is 15.3 Å². The van der Waals surface area contributed by atoms with Crippen molar-refractivity contribution in [1.29, 1.82) is 0 Å². The van der Waals surface area contributed by atoms with Gasteiger partial charge in [0.2, 0.25) is 0 Å². The summed E-state index contributed by atoms with van der Waals surface area (Å²) in [6.45, 7) is 7.78. The van der Waals surface area contributed by atoms with E-state index in [1.807, 2.05) is 11.3 Å². The van der Waals surface area contributed by atoms with Gasteiger partial charge in [-0.1, -0.05) is 37.3 Å². The van der Waals surface area contributed by atoms with Gasteiger partial charge in [-0.2, -0.15) is 0 Å². The molecule has 21 heavy (non-hydrogen) atoms. The van der Waals surface area contributed by atoms with Crippen molar-refractivity contribution in [1.82, 2.24) is 10.2 Å². The van der Waals surface area contributed by atoms with Crippen LogP contribution in [-0.4, -0.2) is 24.0 Å². The fraction of sp³-hybridized carbons (Fsp3) is 0.444. The largest absolute Gasteiger partial charge is 0.307 e. The summed E-state index contributed by atoms with van der Waals surface area (Å²) in [7, 11) is 0. The molecular formula is C18H24N2S. The maximum absolute atomic E-state index is 3.68. The van der Waals surface area contributed by atoms with Gasteiger partial charge in [0, 0.05) is 41.5 Å². The maximum atomic E-state index is 3.68. The first-order valence-electron chi connectivity index (χ1n) is 7.86. The van der Waals surface area contributed by atoms with E-state index in [4.69, 9.17) is 0 Å². The Labute approximate surface area is 131 Å². The van der Waals surface area contributed by atoms with Crippen molar-refractivity contribution in [2.45, 2.75) is 38.9 Å². The van der Waals surface area contributed by atoms with Gasteiger partial charge in [0.05, 0.1) is 0 Å². The smallest absolute Gasteiger partial charge is 0.0450 e. The number of aryl methyl sites for hydroxylation is 1. The molecule has 0 amide bonds. The molecule has 2 aromatic rings. The van der Waals surface area contributed by atoms with Crippen LogP contribution in [0.3, 0.4) is 0 Å². The van der Waals surface area contributed by atoms with Crippen LogP contribution >= 0.6 is 11.3 Å². The molecular weight excluding hydrogens is 276 g/mol. The number of hydrogen-bond donors (Lipinski definition) is 1. The monoisotopic (exact) mass is 300 g/mol. The van der Waals surface area contributed by atoms with E-state index >= 15 is 0 Å². The van der Waals surface area contributed by atoms with Crippen molar-refractivity contribution >= 4 is 11.3 Å². The molecule has 0 spiro atoms. The van der Waals surface area contributed by atoms with Crippen LogP contribution in [0.2, 0.25) is 0 Å². The second kappa shape index (κ2) is 6.73. The Morgan fingerprint density at radius 2 is 1.90 bits per heavy atom. The number of rotatable bonds is 4. The number of nitrogens with one attached hydrogen (secondary N) is 1. The van der Waals surface area contributed by atoms with Crippen LogP contribution in [0.5, 0.6) is 0 Å². The minimum atomic E-state index is 0.452. The summed E-state index contributed by atoms with van der Waals surface area (Å²) in [6, 6.07) is 16.4. The molecule has 1 aromatic carbocycles. The molecule has 1 fully saturated rings. The molecule has 0 saturated carbocycles. The van der Waals surface area contributed by atoms with Crippen molar-refractivity contribution in [2.75, 3.05) is 13.1 Å². The molecule has 3 rings (SSSR count). The predicted octanol–water partition coefficient (Wildman–Crippen LogP) is 3.85. The van der Waals surface area contributed by atoms with E-state index in [1.165, 1.54) is 15.3 Å². The minimum absolute atomic E-state index is 0.452. The lowest BCUT2D eigenvalue weighted by Crippen LogP contribution is -2.50. The Kier molecular flexibility index (Phi) is 4.73. The van der Waals surface area contributed by atoms with Crippen LogP contribution in [0.1, 0.15) is 35.2 Å². The lowest BCUT2D eigenvalue weighted by Gasteiger charge is -2.38. The third-order valence-electron chi connectivity index (χ3n) is 4.33. The van der Waals surface area contributed by atoms with E-state index in [2.05, 4.69) is 66.5 Å². The fourth-order valence-electron chi connectivity index (χ4n) is 2.95. The lowest BCUT2D eigenvalue weighted by atomic mass is 10.0. The van der Waals surface area contributed by atoms with Crippen LogP contribution in [-0.2, 0) is 13.0 Å². The van der Waals surface area contributed by atoms with E-state index in [0.29, 0.717) is 12.1 Å². The summed E-state index contributed by atoms with van der Waals surface area (Å²) in [5, 5.41) is 3.68. The molecule has 2 atom stereocenters. The van der Waals surface area contributed by atoms with Crippen molar-refractivity contribution in [3.8, 4) is 0 Å². The van der Waals surface area contributed by atoms with Gasteiger partial charge >= 0.3 is 0 Å². The summed E-state index contributed by atoms with van der Waals surface area (Å²) >= 11 is 1.96. The van der Waals surface area contributed by atoms with Crippen LogP contribution < -0.4 is 5.32 Å². The molecule has 2 unspecified atom stereocenters. The van der Waals surface area contributed by atoms with Gasteiger partial charge < -0.3 is 5.32 Å². The highest BCUT2D eigenvalue weighted by molar-refractivity contribution is 7.11.